The van der Waals surface area contributed by atoms with E-state index in [-0.39, 0.29) is 5.56 Å². The van der Waals surface area contributed by atoms with Gasteiger partial charge in [0.15, 0.2) is 0 Å². The molecular formula is C12H20N4O. The van der Waals surface area contributed by atoms with Crippen LogP contribution in [0.2, 0.25) is 0 Å². The molecule has 0 atom stereocenters. The maximum absolute atomic E-state index is 11.7. The van der Waals surface area contributed by atoms with Crippen LogP contribution in [0.4, 0.5) is 5.95 Å². The standard InChI is InChI=1S/C12H20N4O/c1-9-8-14-12(16(13)11(9)17)15-10-6-4-2-3-5-7-10/h8,10H,2-7,13H2,1H3,(H,14,15). The first-order valence-corrected chi connectivity index (χ1v) is 6.29. The Hall–Kier alpha value is -1.52. The molecule has 0 radical (unpaired) electrons. The molecule has 94 valence electrons. The number of nitrogen functional groups attached to an aromatic ring is 1. The van der Waals surface area contributed by atoms with E-state index in [0.29, 0.717) is 17.6 Å². The van der Waals surface area contributed by atoms with Crippen LogP contribution in [-0.2, 0) is 0 Å². The van der Waals surface area contributed by atoms with E-state index >= 15 is 0 Å². The zero-order valence-electron chi connectivity index (χ0n) is 10.3. The molecule has 0 aromatic carbocycles. The molecule has 1 aliphatic rings. The first-order valence-electron chi connectivity index (χ1n) is 6.29. The summed E-state index contributed by atoms with van der Waals surface area (Å²) >= 11 is 0. The lowest BCUT2D eigenvalue weighted by atomic mass is 10.1. The van der Waals surface area contributed by atoms with E-state index in [0.717, 1.165) is 17.5 Å². The van der Waals surface area contributed by atoms with E-state index in [9.17, 15) is 4.79 Å². The smallest absolute Gasteiger partial charge is 0.276 e. The molecule has 0 amide bonds. The summed E-state index contributed by atoms with van der Waals surface area (Å²) in [5, 5.41) is 3.28. The molecule has 5 nitrogen and oxygen atoms in total. The van der Waals surface area contributed by atoms with E-state index in [1.165, 1.54) is 25.7 Å². The molecule has 1 heterocycles. The number of aromatic nitrogens is 2. The molecule has 5 heteroatoms. The van der Waals surface area contributed by atoms with Crippen molar-refractivity contribution in [3.05, 3.63) is 22.1 Å². The van der Waals surface area contributed by atoms with E-state index in [1.807, 2.05) is 0 Å². The summed E-state index contributed by atoms with van der Waals surface area (Å²) in [5.74, 6) is 6.20. The highest BCUT2D eigenvalue weighted by atomic mass is 16.1. The molecular weight excluding hydrogens is 216 g/mol. The van der Waals surface area contributed by atoms with E-state index < -0.39 is 0 Å². The lowest BCUT2D eigenvalue weighted by Gasteiger charge is -2.18. The van der Waals surface area contributed by atoms with E-state index in [2.05, 4.69) is 10.3 Å². The molecule has 1 aromatic heterocycles. The second kappa shape index (κ2) is 5.21. The number of nitrogens with two attached hydrogens (primary N) is 1. The SMILES string of the molecule is Cc1cnc(NC2CCCCCC2)n(N)c1=O. The lowest BCUT2D eigenvalue weighted by molar-refractivity contribution is 0.609. The molecule has 0 bridgehead atoms. The number of hydrogen-bond acceptors (Lipinski definition) is 4. The van der Waals surface area contributed by atoms with Gasteiger partial charge in [-0.25, -0.2) is 4.98 Å². The van der Waals surface area contributed by atoms with Gasteiger partial charge in [-0.2, -0.15) is 4.68 Å². The van der Waals surface area contributed by atoms with Gasteiger partial charge < -0.3 is 11.2 Å². The van der Waals surface area contributed by atoms with E-state index in [4.69, 9.17) is 5.84 Å². The van der Waals surface area contributed by atoms with E-state index in [1.54, 1.807) is 13.1 Å². The van der Waals surface area contributed by atoms with Crippen LogP contribution in [0.25, 0.3) is 0 Å². The van der Waals surface area contributed by atoms with Gasteiger partial charge in [-0.05, 0) is 19.8 Å². The molecule has 3 N–H and O–H groups in total. The van der Waals surface area contributed by atoms with Gasteiger partial charge in [0.25, 0.3) is 5.56 Å². The van der Waals surface area contributed by atoms with Gasteiger partial charge in [0.1, 0.15) is 0 Å². The first-order chi connectivity index (χ1) is 8.18. The van der Waals surface area contributed by atoms with Gasteiger partial charge in [-0.3, -0.25) is 4.79 Å². The van der Waals surface area contributed by atoms with Crippen molar-refractivity contribution in [1.29, 1.82) is 0 Å². The zero-order chi connectivity index (χ0) is 12.3. The Morgan fingerprint density at radius 3 is 2.65 bits per heavy atom. The highest BCUT2D eigenvalue weighted by molar-refractivity contribution is 5.28. The molecule has 0 saturated heterocycles. The molecule has 0 spiro atoms. The van der Waals surface area contributed by atoms with Crippen LogP contribution >= 0.6 is 0 Å². The molecule has 17 heavy (non-hydrogen) atoms. The number of aryl methyl sites for hydroxylation is 1. The van der Waals surface area contributed by atoms with Crippen LogP contribution in [0.5, 0.6) is 0 Å². The average molecular weight is 236 g/mol. The number of nitrogens with zero attached hydrogens (tertiary/aromatic N) is 2. The molecule has 1 fully saturated rings. The molecule has 0 aliphatic heterocycles. The van der Waals surface area contributed by atoms with Gasteiger partial charge in [0.05, 0.1) is 0 Å². The van der Waals surface area contributed by atoms with Crippen LogP contribution in [-0.4, -0.2) is 15.7 Å². The number of rotatable bonds is 2. The first kappa shape index (κ1) is 12.0. The van der Waals surface area contributed by atoms with Gasteiger partial charge >= 0.3 is 0 Å². The highest BCUT2D eigenvalue weighted by Gasteiger charge is 2.14. The van der Waals surface area contributed by atoms with Crippen molar-refractivity contribution in [2.24, 2.45) is 0 Å². The Bertz CT molecular complexity index is 433. The summed E-state index contributed by atoms with van der Waals surface area (Å²) in [6.45, 7) is 1.72. The Balaban J connectivity index is 2.12. The lowest BCUT2D eigenvalue weighted by Crippen LogP contribution is -2.34. The molecule has 1 saturated carbocycles. The Morgan fingerprint density at radius 1 is 1.35 bits per heavy atom. The summed E-state index contributed by atoms with van der Waals surface area (Å²) in [6, 6.07) is 0.391. The molecule has 0 unspecified atom stereocenters. The minimum absolute atomic E-state index is 0.184. The Labute approximate surface area is 101 Å². The van der Waals surface area contributed by atoms with Crippen molar-refractivity contribution < 1.29 is 0 Å². The Kier molecular flexibility index (Phi) is 3.66. The molecule has 1 aliphatic carbocycles. The third-order valence-electron chi connectivity index (χ3n) is 3.35. The van der Waals surface area contributed by atoms with Crippen molar-refractivity contribution in [1.82, 2.24) is 9.66 Å². The Morgan fingerprint density at radius 2 is 2.00 bits per heavy atom. The molecule has 1 aromatic rings. The van der Waals surface area contributed by atoms with Gasteiger partial charge in [0, 0.05) is 17.8 Å². The van der Waals surface area contributed by atoms with Crippen molar-refractivity contribution in [3.63, 3.8) is 0 Å². The van der Waals surface area contributed by atoms with Crippen molar-refractivity contribution >= 4 is 5.95 Å². The fourth-order valence-corrected chi connectivity index (χ4v) is 2.27. The van der Waals surface area contributed by atoms with Gasteiger partial charge in [-0.1, -0.05) is 25.7 Å². The zero-order valence-corrected chi connectivity index (χ0v) is 10.3. The summed E-state index contributed by atoms with van der Waals surface area (Å²) in [4.78, 5) is 15.8. The predicted octanol–water partition coefficient (Wildman–Crippen LogP) is 1.40. The monoisotopic (exact) mass is 236 g/mol. The van der Waals surface area contributed by atoms with Crippen molar-refractivity contribution in [2.45, 2.75) is 51.5 Å². The number of hydrogen-bond donors (Lipinski definition) is 2. The minimum atomic E-state index is -0.184. The second-order valence-corrected chi connectivity index (χ2v) is 4.77. The topological polar surface area (TPSA) is 72.9 Å². The fraction of sp³-hybridized carbons (Fsp3) is 0.667. The maximum atomic E-state index is 11.7. The third kappa shape index (κ3) is 2.78. The third-order valence-corrected chi connectivity index (χ3v) is 3.35. The van der Waals surface area contributed by atoms with Crippen LogP contribution < -0.4 is 16.7 Å². The van der Waals surface area contributed by atoms with Crippen LogP contribution in [0, 0.1) is 6.92 Å². The van der Waals surface area contributed by atoms with Gasteiger partial charge in [-0.15, -0.1) is 0 Å². The van der Waals surface area contributed by atoms with Crippen LogP contribution in [0.15, 0.2) is 11.0 Å². The normalized spacial score (nSPS) is 17.7. The largest absolute Gasteiger partial charge is 0.351 e. The summed E-state index contributed by atoms with van der Waals surface area (Å²) in [6.07, 6.45) is 8.90. The summed E-state index contributed by atoms with van der Waals surface area (Å²) in [5.41, 5.74) is 0.384. The molecule has 2 rings (SSSR count). The minimum Gasteiger partial charge on any atom is -0.351 e. The van der Waals surface area contributed by atoms with Crippen LogP contribution in [0.3, 0.4) is 0 Å². The quantitative estimate of drug-likeness (QED) is 0.601. The predicted molar refractivity (Wildman–Crippen MR) is 68.5 cm³/mol. The summed E-state index contributed by atoms with van der Waals surface area (Å²) < 4.78 is 1.11. The number of anilines is 1. The van der Waals surface area contributed by atoms with Crippen molar-refractivity contribution in [3.8, 4) is 0 Å². The van der Waals surface area contributed by atoms with Crippen molar-refractivity contribution in [2.75, 3.05) is 11.2 Å². The number of nitrogens with one attached hydrogen (secondary N) is 1. The summed E-state index contributed by atoms with van der Waals surface area (Å²) in [7, 11) is 0. The maximum Gasteiger partial charge on any atom is 0.276 e. The fourth-order valence-electron chi connectivity index (χ4n) is 2.27. The second-order valence-electron chi connectivity index (χ2n) is 4.77. The average Bonchev–Trinajstić information content (AvgIpc) is 2.59. The highest BCUT2D eigenvalue weighted by Crippen LogP contribution is 2.19. The van der Waals surface area contributed by atoms with Crippen LogP contribution in [0.1, 0.15) is 44.1 Å². The van der Waals surface area contributed by atoms with Gasteiger partial charge in [0.2, 0.25) is 5.95 Å².